The van der Waals surface area contributed by atoms with E-state index < -0.39 is 5.97 Å². The molecule has 0 N–H and O–H groups in total. The molecule has 0 bridgehead atoms. The molecule has 0 spiro atoms. The lowest BCUT2D eigenvalue weighted by atomic mass is 10.4. The number of rotatable bonds is 5. The van der Waals surface area contributed by atoms with Crippen LogP contribution in [-0.2, 0) is 4.74 Å². The number of nitrogens with zero attached hydrogens (tertiary/aromatic N) is 4. The third-order valence-electron chi connectivity index (χ3n) is 3.36. The lowest BCUT2D eigenvalue weighted by Crippen LogP contribution is -2.32. The highest BCUT2D eigenvalue weighted by Crippen LogP contribution is 2.10. The number of hydrogen-bond donors (Lipinski definition) is 0. The molecule has 0 aliphatic carbocycles. The summed E-state index contributed by atoms with van der Waals surface area (Å²) in [5, 5.41) is 0. The molecule has 0 amide bonds. The van der Waals surface area contributed by atoms with Crippen molar-refractivity contribution in [3.05, 3.63) is 18.1 Å². The average Bonchev–Trinajstić information content (AvgIpc) is 2.97. The number of ether oxygens (including phenoxy) is 1. The second-order valence-electron chi connectivity index (χ2n) is 4.72. The first-order valence-corrected chi connectivity index (χ1v) is 6.54. The van der Waals surface area contributed by atoms with Crippen LogP contribution in [0.2, 0.25) is 0 Å². The van der Waals surface area contributed by atoms with Gasteiger partial charge in [-0.2, -0.15) is 0 Å². The fourth-order valence-corrected chi connectivity index (χ4v) is 2.15. The van der Waals surface area contributed by atoms with E-state index in [9.17, 15) is 4.79 Å². The normalized spacial score (nSPS) is 15.5. The van der Waals surface area contributed by atoms with E-state index in [0.29, 0.717) is 5.82 Å². The Kier molecular flexibility index (Phi) is 4.68. The number of hydrogen-bond acceptors (Lipinski definition) is 6. The van der Waals surface area contributed by atoms with Gasteiger partial charge in [-0.3, -0.25) is 4.98 Å². The van der Waals surface area contributed by atoms with E-state index in [1.807, 2.05) is 11.9 Å². The summed E-state index contributed by atoms with van der Waals surface area (Å²) in [6, 6.07) is 0. The maximum atomic E-state index is 11.4. The Balaban J connectivity index is 1.94. The predicted molar refractivity (Wildman–Crippen MR) is 72.3 cm³/mol. The van der Waals surface area contributed by atoms with Crippen molar-refractivity contribution in [3.8, 4) is 0 Å². The van der Waals surface area contributed by atoms with Crippen molar-refractivity contribution in [2.45, 2.75) is 12.8 Å². The lowest BCUT2D eigenvalue weighted by molar-refractivity contribution is 0.0593. The number of likely N-dealkylation sites (N-methyl/N-ethyl adjacent to an activating group) is 1. The molecule has 0 unspecified atom stereocenters. The van der Waals surface area contributed by atoms with Crippen LogP contribution in [0.25, 0.3) is 0 Å². The van der Waals surface area contributed by atoms with Gasteiger partial charge in [0.15, 0.2) is 5.69 Å². The van der Waals surface area contributed by atoms with E-state index in [2.05, 4.69) is 19.6 Å². The Labute approximate surface area is 113 Å². The van der Waals surface area contributed by atoms with Gasteiger partial charge in [-0.15, -0.1) is 0 Å². The zero-order chi connectivity index (χ0) is 13.7. The van der Waals surface area contributed by atoms with Crippen LogP contribution in [0.1, 0.15) is 23.3 Å². The fourth-order valence-electron chi connectivity index (χ4n) is 2.15. The number of carbonyl (C=O) groups is 1. The molecule has 1 fully saturated rings. The van der Waals surface area contributed by atoms with Crippen molar-refractivity contribution in [1.82, 2.24) is 14.9 Å². The predicted octanol–water partition coefficient (Wildman–Crippen LogP) is 0.795. The van der Waals surface area contributed by atoms with Gasteiger partial charge in [0.05, 0.1) is 19.5 Å². The summed E-state index contributed by atoms with van der Waals surface area (Å²) in [6.07, 6.45) is 5.67. The van der Waals surface area contributed by atoms with Gasteiger partial charge in [0.2, 0.25) is 0 Å². The van der Waals surface area contributed by atoms with E-state index in [-0.39, 0.29) is 5.69 Å². The summed E-state index contributed by atoms with van der Waals surface area (Å²) in [4.78, 5) is 24.1. The van der Waals surface area contributed by atoms with Crippen LogP contribution < -0.4 is 4.90 Å². The standard InChI is InChI=1S/C13H20N4O2/c1-16(7-8-17-5-3-4-6-17)12-10-14-9-11(15-12)13(18)19-2/h9-10H,3-8H2,1-2H3. The van der Waals surface area contributed by atoms with Crippen LogP contribution in [-0.4, -0.2) is 61.2 Å². The number of methoxy groups -OCH3 is 1. The molecular weight excluding hydrogens is 244 g/mol. The van der Waals surface area contributed by atoms with Crippen molar-refractivity contribution in [2.24, 2.45) is 0 Å². The summed E-state index contributed by atoms with van der Waals surface area (Å²) in [7, 11) is 3.30. The van der Waals surface area contributed by atoms with Crippen molar-refractivity contribution in [3.63, 3.8) is 0 Å². The molecule has 104 valence electrons. The fraction of sp³-hybridized carbons (Fsp3) is 0.615. The highest BCUT2D eigenvalue weighted by Gasteiger charge is 2.14. The van der Waals surface area contributed by atoms with Crippen LogP contribution in [0.5, 0.6) is 0 Å². The number of esters is 1. The molecule has 6 nitrogen and oxygen atoms in total. The summed E-state index contributed by atoms with van der Waals surface area (Å²) in [5.41, 5.74) is 0.244. The first-order chi connectivity index (χ1) is 9.20. The quantitative estimate of drug-likeness (QED) is 0.733. The lowest BCUT2D eigenvalue weighted by Gasteiger charge is -2.22. The minimum atomic E-state index is -0.456. The van der Waals surface area contributed by atoms with Gasteiger partial charge in [-0.25, -0.2) is 9.78 Å². The van der Waals surface area contributed by atoms with E-state index in [4.69, 9.17) is 0 Å². The highest BCUT2D eigenvalue weighted by atomic mass is 16.5. The van der Waals surface area contributed by atoms with E-state index in [1.54, 1.807) is 6.20 Å². The molecule has 1 saturated heterocycles. The van der Waals surface area contributed by atoms with Gasteiger partial charge in [-0.05, 0) is 25.9 Å². The van der Waals surface area contributed by atoms with Gasteiger partial charge in [0, 0.05) is 20.1 Å². The van der Waals surface area contributed by atoms with Crippen molar-refractivity contribution in [1.29, 1.82) is 0 Å². The number of anilines is 1. The van der Waals surface area contributed by atoms with Crippen molar-refractivity contribution < 1.29 is 9.53 Å². The topological polar surface area (TPSA) is 58.6 Å². The first-order valence-electron chi connectivity index (χ1n) is 6.54. The molecule has 0 saturated carbocycles. The number of aromatic nitrogens is 2. The highest BCUT2D eigenvalue weighted by molar-refractivity contribution is 5.87. The van der Waals surface area contributed by atoms with E-state index in [1.165, 1.54) is 39.2 Å². The second kappa shape index (κ2) is 6.47. The number of carbonyl (C=O) groups excluding carboxylic acids is 1. The molecule has 2 heterocycles. The molecular formula is C13H20N4O2. The molecule has 1 aromatic rings. The van der Waals surface area contributed by atoms with Gasteiger partial charge < -0.3 is 14.5 Å². The average molecular weight is 264 g/mol. The van der Waals surface area contributed by atoms with Crippen LogP contribution in [0.4, 0.5) is 5.82 Å². The third kappa shape index (κ3) is 3.64. The van der Waals surface area contributed by atoms with Gasteiger partial charge in [0.25, 0.3) is 0 Å². The maximum Gasteiger partial charge on any atom is 0.358 e. The maximum absolute atomic E-state index is 11.4. The van der Waals surface area contributed by atoms with E-state index >= 15 is 0 Å². The molecule has 1 aliphatic rings. The molecule has 0 radical (unpaired) electrons. The van der Waals surface area contributed by atoms with Gasteiger partial charge in [-0.1, -0.05) is 0 Å². The molecule has 1 aliphatic heterocycles. The Morgan fingerprint density at radius 1 is 1.42 bits per heavy atom. The Bertz CT molecular complexity index is 432. The Morgan fingerprint density at radius 2 is 2.16 bits per heavy atom. The largest absolute Gasteiger partial charge is 0.464 e. The molecule has 2 rings (SSSR count). The zero-order valence-electron chi connectivity index (χ0n) is 11.5. The molecule has 0 aromatic carbocycles. The van der Waals surface area contributed by atoms with Gasteiger partial charge in [0.1, 0.15) is 5.82 Å². The monoisotopic (exact) mass is 264 g/mol. The second-order valence-corrected chi connectivity index (χ2v) is 4.72. The molecule has 19 heavy (non-hydrogen) atoms. The first kappa shape index (κ1) is 13.7. The summed E-state index contributed by atoms with van der Waals surface area (Å²) >= 11 is 0. The summed E-state index contributed by atoms with van der Waals surface area (Å²) in [6.45, 7) is 4.25. The van der Waals surface area contributed by atoms with Crippen LogP contribution in [0.15, 0.2) is 12.4 Å². The van der Waals surface area contributed by atoms with Crippen molar-refractivity contribution in [2.75, 3.05) is 45.2 Å². The Morgan fingerprint density at radius 3 is 2.84 bits per heavy atom. The van der Waals surface area contributed by atoms with Gasteiger partial charge >= 0.3 is 5.97 Å². The SMILES string of the molecule is COC(=O)c1cncc(N(C)CCN2CCCC2)n1. The molecule has 1 aromatic heterocycles. The summed E-state index contributed by atoms with van der Waals surface area (Å²) in [5.74, 6) is 0.240. The third-order valence-corrected chi connectivity index (χ3v) is 3.36. The minimum Gasteiger partial charge on any atom is -0.464 e. The smallest absolute Gasteiger partial charge is 0.358 e. The zero-order valence-corrected chi connectivity index (χ0v) is 11.5. The van der Waals surface area contributed by atoms with Crippen LogP contribution in [0, 0.1) is 0 Å². The van der Waals surface area contributed by atoms with Crippen LogP contribution >= 0.6 is 0 Å². The van der Waals surface area contributed by atoms with Crippen molar-refractivity contribution >= 4 is 11.8 Å². The number of likely N-dealkylation sites (tertiary alicyclic amines) is 1. The molecule has 6 heteroatoms. The minimum absolute atomic E-state index is 0.244. The summed E-state index contributed by atoms with van der Waals surface area (Å²) < 4.78 is 4.64. The molecule has 0 atom stereocenters. The van der Waals surface area contributed by atoms with E-state index in [0.717, 1.165) is 13.1 Å². The Hall–Kier alpha value is -1.69. The van der Waals surface area contributed by atoms with Crippen LogP contribution in [0.3, 0.4) is 0 Å².